The van der Waals surface area contributed by atoms with E-state index in [0.29, 0.717) is 42.8 Å². The summed E-state index contributed by atoms with van der Waals surface area (Å²) in [6.07, 6.45) is 0. The van der Waals surface area contributed by atoms with Crippen LogP contribution in [-0.4, -0.2) is 52.8 Å². The highest BCUT2D eigenvalue weighted by atomic mass is 16.5. The van der Waals surface area contributed by atoms with E-state index in [4.69, 9.17) is 14.2 Å². The summed E-state index contributed by atoms with van der Waals surface area (Å²) >= 11 is 0. The van der Waals surface area contributed by atoms with Crippen LogP contribution in [0.2, 0.25) is 0 Å². The lowest BCUT2D eigenvalue weighted by Gasteiger charge is -2.18. The van der Waals surface area contributed by atoms with E-state index in [2.05, 4.69) is 20.9 Å². The third-order valence-electron chi connectivity index (χ3n) is 3.87. The van der Waals surface area contributed by atoms with Crippen molar-refractivity contribution in [3.8, 4) is 17.2 Å². The van der Waals surface area contributed by atoms with E-state index in [1.165, 1.54) is 0 Å². The standard InChI is InChI=1S/C20H34N4O4/c1-8-21-19(23-10-9-22-18(25)20(2,3)4)24-13-14-11-15(26-5)17(28-7)16(12-14)27-6/h11-12H,8-10,13H2,1-7H3,(H,22,25)(H2,21,23,24). The normalized spacial score (nSPS) is 11.6. The molecule has 0 saturated carbocycles. The summed E-state index contributed by atoms with van der Waals surface area (Å²) in [6, 6.07) is 3.75. The average molecular weight is 395 g/mol. The molecule has 0 aliphatic heterocycles. The van der Waals surface area contributed by atoms with Gasteiger partial charge in [0.25, 0.3) is 0 Å². The van der Waals surface area contributed by atoms with E-state index < -0.39 is 5.41 Å². The summed E-state index contributed by atoms with van der Waals surface area (Å²) in [6.45, 7) is 9.91. The molecule has 0 spiro atoms. The maximum Gasteiger partial charge on any atom is 0.225 e. The van der Waals surface area contributed by atoms with Crippen LogP contribution in [0.4, 0.5) is 0 Å². The molecule has 0 saturated heterocycles. The lowest BCUT2D eigenvalue weighted by molar-refractivity contribution is -0.128. The molecule has 0 bridgehead atoms. The van der Waals surface area contributed by atoms with E-state index in [0.717, 1.165) is 12.1 Å². The number of carbonyl (C=O) groups is 1. The van der Waals surface area contributed by atoms with Gasteiger partial charge in [0, 0.05) is 25.0 Å². The molecule has 158 valence electrons. The minimum atomic E-state index is -0.398. The Labute approximate surface area is 168 Å². The first kappa shape index (κ1) is 23.4. The van der Waals surface area contributed by atoms with Crippen LogP contribution >= 0.6 is 0 Å². The van der Waals surface area contributed by atoms with Gasteiger partial charge in [-0.15, -0.1) is 0 Å². The topological polar surface area (TPSA) is 93.2 Å². The molecule has 1 aromatic carbocycles. The van der Waals surface area contributed by atoms with Gasteiger partial charge in [-0.2, -0.15) is 0 Å². The van der Waals surface area contributed by atoms with Gasteiger partial charge in [0.05, 0.1) is 27.9 Å². The minimum Gasteiger partial charge on any atom is -0.493 e. The summed E-state index contributed by atoms with van der Waals surface area (Å²) in [4.78, 5) is 16.5. The van der Waals surface area contributed by atoms with Gasteiger partial charge in [-0.1, -0.05) is 20.8 Å². The Kier molecular flexibility index (Phi) is 9.41. The molecule has 3 N–H and O–H groups in total. The van der Waals surface area contributed by atoms with E-state index in [-0.39, 0.29) is 5.91 Å². The molecule has 0 aliphatic carbocycles. The monoisotopic (exact) mass is 394 g/mol. The third-order valence-corrected chi connectivity index (χ3v) is 3.87. The minimum absolute atomic E-state index is 0.0219. The average Bonchev–Trinajstić information content (AvgIpc) is 2.67. The van der Waals surface area contributed by atoms with Crippen molar-refractivity contribution in [2.75, 3.05) is 41.0 Å². The summed E-state index contributed by atoms with van der Waals surface area (Å²) < 4.78 is 16.1. The van der Waals surface area contributed by atoms with Crippen molar-refractivity contribution in [2.45, 2.75) is 34.2 Å². The second kappa shape index (κ2) is 11.3. The number of rotatable bonds is 9. The summed E-state index contributed by atoms with van der Waals surface area (Å²) in [7, 11) is 4.74. The molecule has 28 heavy (non-hydrogen) atoms. The fourth-order valence-electron chi connectivity index (χ4n) is 2.36. The van der Waals surface area contributed by atoms with Crippen LogP contribution in [0.5, 0.6) is 17.2 Å². The number of hydrogen-bond acceptors (Lipinski definition) is 5. The van der Waals surface area contributed by atoms with Crippen LogP contribution < -0.4 is 30.2 Å². The SMILES string of the molecule is CCNC(=NCc1cc(OC)c(OC)c(OC)c1)NCCNC(=O)C(C)(C)C. The quantitative estimate of drug-likeness (QED) is 0.337. The Morgan fingerprint density at radius 3 is 2.00 bits per heavy atom. The van der Waals surface area contributed by atoms with Crippen LogP contribution in [0, 0.1) is 5.41 Å². The van der Waals surface area contributed by atoms with Gasteiger partial charge in [-0.25, -0.2) is 4.99 Å². The van der Waals surface area contributed by atoms with Crippen LogP contribution in [0.3, 0.4) is 0 Å². The largest absolute Gasteiger partial charge is 0.493 e. The molecule has 1 aromatic rings. The van der Waals surface area contributed by atoms with Crippen molar-refractivity contribution in [2.24, 2.45) is 10.4 Å². The molecular weight excluding hydrogens is 360 g/mol. The number of amides is 1. The highest BCUT2D eigenvalue weighted by molar-refractivity contribution is 5.81. The zero-order valence-electron chi connectivity index (χ0n) is 18.1. The molecule has 0 aliphatic rings. The van der Waals surface area contributed by atoms with Crippen LogP contribution in [0.1, 0.15) is 33.3 Å². The Hall–Kier alpha value is -2.64. The summed E-state index contributed by atoms with van der Waals surface area (Å²) in [5, 5.41) is 9.31. The molecule has 8 heteroatoms. The van der Waals surface area contributed by atoms with E-state index >= 15 is 0 Å². The number of aliphatic imine (C=N–C) groups is 1. The lowest BCUT2D eigenvalue weighted by Crippen LogP contribution is -2.43. The van der Waals surface area contributed by atoms with Gasteiger partial charge in [-0.3, -0.25) is 4.79 Å². The van der Waals surface area contributed by atoms with Crippen LogP contribution in [0.25, 0.3) is 0 Å². The van der Waals surface area contributed by atoms with Crippen LogP contribution in [-0.2, 0) is 11.3 Å². The molecule has 0 aromatic heterocycles. The van der Waals surface area contributed by atoms with E-state index in [1.807, 2.05) is 39.8 Å². The number of benzene rings is 1. The third kappa shape index (κ3) is 7.17. The smallest absolute Gasteiger partial charge is 0.225 e. The van der Waals surface area contributed by atoms with Crippen molar-refractivity contribution in [3.63, 3.8) is 0 Å². The zero-order valence-corrected chi connectivity index (χ0v) is 18.1. The second-order valence-corrected chi connectivity index (χ2v) is 7.16. The van der Waals surface area contributed by atoms with E-state index in [9.17, 15) is 4.79 Å². The highest BCUT2D eigenvalue weighted by Crippen LogP contribution is 2.38. The first-order valence-electron chi connectivity index (χ1n) is 9.36. The molecule has 0 fully saturated rings. The molecule has 8 nitrogen and oxygen atoms in total. The number of nitrogens with zero attached hydrogens (tertiary/aromatic N) is 1. The Morgan fingerprint density at radius 2 is 1.54 bits per heavy atom. The first-order chi connectivity index (χ1) is 13.3. The Bertz CT molecular complexity index is 644. The molecule has 0 unspecified atom stereocenters. The fraction of sp³-hybridized carbons (Fsp3) is 0.600. The lowest BCUT2D eigenvalue weighted by atomic mass is 9.96. The van der Waals surface area contributed by atoms with Crippen LogP contribution in [0.15, 0.2) is 17.1 Å². The highest BCUT2D eigenvalue weighted by Gasteiger charge is 2.20. The summed E-state index contributed by atoms with van der Waals surface area (Å²) in [5.74, 6) is 2.43. The number of guanidine groups is 1. The van der Waals surface area contributed by atoms with Gasteiger partial charge >= 0.3 is 0 Å². The zero-order chi connectivity index (χ0) is 21.2. The van der Waals surface area contributed by atoms with E-state index in [1.54, 1.807) is 21.3 Å². The molecule has 0 heterocycles. The molecule has 1 rings (SSSR count). The fourth-order valence-corrected chi connectivity index (χ4v) is 2.36. The molecule has 1 amide bonds. The van der Waals surface area contributed by atoms with Gasteiger partial charge in [0.15, 0.2) is 17.5 Å². The first-order valence-corrected chi connectivity index (χ1v) is 9.36. The number of nitrogens with one attached hydrogen (secondary N) is 3. The van der Waals surface area contributed by atoms with Gasteiger partial charge in [0.2, 0.25) is 11.7 Å². The maximum atomic E-state index is 11.9. The van der Waals surface area contributed by atoms with Crippen molar-refractivity contribution in [1.29, 1.82) is 0 Å². The van der Waals surface area contributed by atoms with Gasteiger partial charge in [-0.05, 0) is 24.6 Å². The van der Waals surface area contributed by atoms with Crippen molar-refractivity contribution < 1.29 is 19.0 Å². The number of ether oxygens (including phenoxy) is 3. The summed E-state index contributed by atoms with van der Waals surface area (Å²) in [5.41, 5.74) is 0.526. The number of carbonyl (C=O) groups excluding carboxylic acids is 1. The van der Waals surface area contributed by atoms with Crippen molar-refractivity contribution in [1.82, 2.24) is 16.0 Å². The molecule has 0 atom stereocenters. The second-order valence-electron chi connectivity index (χ2n) is 7.16. The van der Waals surface area contributed by atoms with Crippen molar-refractivity contribution in [3.05, 3.63) is 17.7 Å². The number of hydrogen-bond donors (Lipinski definition) is 3. The van der Waals surface area contributed by atoms with Gasteiger partial charge < -0.3 is 30.2 Å². The molecule has 0 radical (unpaired) electrons. The van der Waals surface area contributed by atoms with Gasteiger partial charge in [0.1, 0.15) is 0 Å². The molecular formula is C20H34N4O4. The number of methoxy groups -OCH3 is 3. The Balaban J connectivity index is 2.75. The maximum absolute atomic E-state index is 11.9. The van der Waals surface area contributed by atoms with Crippen molar-refractivity contribution >= 4 is 11.9 Å². The Morgan fingerprint density at radius 1 is 0.964 bits per heavy atom. The predicted molar refractivity (Wildman–Crippen MR) is 111 cm³/mol. The predicted octanol–water partition coefficient (Wildman–Crippen LogP) is 1.93.